The molecule has 1 aromatic carbocycles. The molecular weight excluding hydrogens is 661 g/mol. The smallest absolute Gasteiger partial charge is 0.243 e. The lowest BCUT2D eigenvalue weighted by molar-refractivity contribution is -0.141. The number of carbonyl (C=O) groups is 2. The first-order chi connectivity index (χ1) is 24.7. The van der Waals surface area contributed by atoms with Crippen LogP contribution in [0.2, 0.25) is 0 Å². The molecule has 10 nitrogen and oxygen atoms in total. The van der Waals surface area contributed by atoms with Crippen molar-refractivity contribution in [3.8, 4) is 10.4 Å². The average molecular weight is 717 g/mol. The molecule has 3 saturated heterocycles. The number of aromatic nitrogens is 2. The van der Waals surface area contributed by atoms with Crippen molar-refractivity contribution in [2.24, 2.45) is 11.8 Å². The summed E-state index contributed by atoms with van der Waals surface area (Å²) in [6, 6.07) is 9.54. The van der Waals surface area contributed by atoms with E-state index in [9.17, 15) is 9.59 Å². The largest absolute Gasteiger partial charge is 0.375 e. The van der Waals surface area contributed by atoms with Gasteiger partial charge >= 0.3 is 0 Å². The summed E-state index contributed by atoms with van der Waals surface area (Å²) in [6.07, 6.45) is 10.6. The van der Waals surface area contributed by atoms with Crippen molar-refractivity contribution in [2.75, 3.05) is 44.2 Å². The topological polar surface area (TPSA) is 104 Å². The second kappa shape index (κ2) is 16.2. The number of hydrogen-bond donors (Lipinski definition) is 1. The van der Waals surface area contributed by atoms with E-state index >= 15 is 0 Å². The molecule has 2 amide bonds. The molecule has 1 saturated carbocycles. The molecule has 3 aliphatic heterocycles. The van der Waals surface area contributed by atoms with Gasteiger partial charge in [0.05, 0.1) is 34.3 Å². The number of likely N-dealkylation sites (tertiary alicyclic amines) is 2. The molecule has 51 heavy (non-hydrogen) atoms. The van der Waals surface area contributed by atoms with Crippen molar-refractivity contribution >= 4 is 29.0 Å². The zero-order valence-corrected chi connectivity index (χ0v) is 31.7. The maximum atomic E-state index is 14.2. The molecule has 0 radical (unpaired) electrons. The van der Waals surface area contributed by atoms with Crippen LogP contribution in [0.4, 0.5) is 5.82 Å². The Kier molecular flexibility index (Phi) is 11.4. The summed E-state index contributed by atoms with van der Waals surface area (Å²) in [4.78, 5) is 40.0. The molecule has 276 valence electrons. The predicted molar refractivity (Wildman–Crippen MR) is 201 cm³/mol. The molecule has 7 rings (SSSR count). The standard InChI is InChI=1S/C40H56N6O4S/c1-26(2)37(35-23-36(43-50-35)45-21-16-33(17-22-45)49-32-14-19-44(20-15-32)24-29-7-5-8-29)40(48)46-18-6-9-34(46)39(47)42-27(3)30-10-12-31(13-11-30)38-28(4)41-25-51-38/h10-13,23,25-27,29,32-34,37H,5-9,14-22,24H2,1-4H3,(H,42,47). The van der Waals surface area contributed by atoms with Crippen molar-refractivity contribution < 1.29 is 18.8 Å². The molecule has 1 N–H and O–H groups in total. The van der Waals surface area contributed by atoms with Gasteiger partial charge in [0.15, 0.2) is 11.6 Å². The first-order valence-electron chi connectivity index (χ1n) is 19.4. The van der Waals surface area contributed by atoms with E-state index in [0.29, 0.717) is 24.8 Å². The van der Waals surface area contributed by atoms with Gasteiger partial charge in [-0.2, -0.15) is 0 Å². The molecule has 1 aliphatic carbocycles. The van der Waals surface area contributed by atoms with Crippen LogP contribution in [0.5, 0.6) is 0 Å². The number of rotatable bonds is 12. The van der Waals surface area contributed by atoms with Crippen LogP contribution in [0.3, 0.4) is 0 Å². The number of piperidine rings is 2. The Balaban J connectivity index is 0.909. The van der Waals surface area contributed by atoms with Gasteiger partial charge in [0.25, 0.3) is 0 Å². The van der Waals surface area contributed by atoms with Gasteiger partial charge in [-0.05, 0) is 88.2 Å². The first kappa shape index (κ1) is 36.1. The average Bonchev–Trinajstić information content (AvgIpc) is 3.89. The highest BCUT2D eigenvalue weighted by Gasteiger charge is 2.41. The molecule has 2 aromatic heterocycles. The van der Waals surface area contributed by atoms with Crippen LogP contribution in [0.25, 0.3) is 10.4 Å². The fourth-order valence-corrected chi connectivity index (χ4v) is 9.26. The number of anilines is 1. The highest BCUT2D eigenvalue weighted by molar-refractivity contribution is 7.13. The Hall–Kier alpha value is -3.28. The van der Waals surface area contributed by atoms with E-state index in [1.54, 1.807) is 16.2 Å². The van der Waals surface area contributed by atoms with E-state index < -0.39 is 12.0 Å². The summed E-state index contributed by atoms with van der Waals surface area (Å²) < 4.78 is 12.5. The number of thiazole rings is 1. The zero-order chi connectivity index (χ0) is 35.5. The lowest BCUT2D eigenvalue weighted by Crippen LogP contribution is -2.48. The molecule has 11 heteroatoms. The number of amides is 2. The number of benzene rings is 1. The van der Waals surface area contributed by atoms with E-state index in [1.165, 1.54) is 38.9 Å². The fourth-order valence-electron chi connectivity index (χ4n) is 8.45. The molecule has 4 aliphatic rings. The molecule has 3 unspecified atom stereocenters. The Morgan fingerprint density at radius 2 is 1.65 bits per heavy atom. The second-order valence-electron chi connectivity index (χ2n) is 15.7. The van der Waals surface area contributed by atoms with Gasteiger partial charge in [0.1, 0.15) is 12.0 Å². The minimum atomic E-state index is -0.504. The minimum Gasteiger partial charge on any atom is -0.375 e. The van der Waals surface area contributed by atoms with Crippen molar-refractivity contribution in [1.29, 1.82) is 0 Å². The number of carbonyl (C=O) groups excluding carboxylic acids is 2. The second-order valence-corrected chi connectivity index (χ2v) is 16.6. The van der Waals surface area contributed by atoms with Gasteiger partial charge in [0.2, 0.25) is 11.8 Å². The van der Waals surface area contributed by atoms with Crippen LogP contribution in [0.15, 0.2) is 40.4 Å². The summed E-state index contributed by atoms with van der Waals surface area (Å²) in [6.45, 7) is 14.0. The Labute approximate surface area is 307 Å². The Morgan fingerprint density at radius 3 is 2.27 bits per heavy atom. The summed E-state index contributed by atoms with van der Waals surface area (Å²) in [5.41, 5.74) is 5.03. The third-order valence-corrected chi connectivity index (χ3v) is 12.8. The van der Waals surface area contributed by atoms with Gasteiger partial charge in [-0.15, -0.1) is 11.3 Å². The summed E-state index contributed by atoms with van der Waals surface area (Å²) in [5.74, 6) is 1.61. The van der Waals surface area contributed by atoms with Crippen molar-refractivity contribution in [2.45, 2.75) is 116 Å². The predicted octanol–water partition coefficient (Wildman–Crippen LogP) is 6.96. The number of hydrogen-bond acceptors (Lipinski definition) is 9. The van der Waals surface area contributed by atoms with E-state index in [0.717, 1.165) is 78.6 Å². The van der Waals surface area contributed by atoms with Crippen molar-refractivity contribution in [3.05, 3.63) is 52.9 Å². The molecule has 3 aromatic rings. The van der Waals surface area contributed by atoms with Crippen LogP contribution in [-0.2, 0) is 14.3 Å². The maximum absolute atomic E-state index is 14.2. The quantitative estimate of drug-likeness (QED) is 0.215. The first-order valence-corrected chi connectivity index (χ1v) is 20.3. The van der Waals surface area contributed by atoms with Gasteiger partial charge < -0.3 is 29.3 Å². The van der Waals surface area contributed by atoms with Crippen LogP contribution < -0.4 is 10.2 Å². The summed E-state index contributed by atoms with van der Waals surface area (Å²) in [5, 5.41) is 7.63. The van der Waals surface area contributed by atoms with Crippen LogP contribution >= 0.6 is 11.3 Å². The molecule has 3 atom stereocenters. The van der Waals surface area contributed by atoms with E-state index in [-0.39, 0.29) is 29.9 Å². The lowest BCUT2D eigenvalue weighted by Gasteiger charge is -2.39. The SMILES string of the molecule is Cc1ncsc1-c1ccc(C(C)NC(=O)C2CCCN2C(=O)C(c2cc(N3CCC(OC4CCN(CC5CCC5)CC4)CC3)no2)C(C)C)cc1. The third kappa shape index (κ3) is 8.36. The van der Waals surface area contributed by atoms with Crippen LogP contribution in [0, 0.1) is 18.8 Å². The number of nitrogens with one attached hydrogen (secondary N) is 1. The molecular formula is C40H56N6O4S. The highest BCUT2D eigenvalue weighted by atomic mass is 32.1. The molecule has 0 spiro atoms. The minimum absolute atomic E-state index is 0.0125. The van der Waals surface area contributed by atoms with Crippen LogP contribution in [-0.4, -0.2) is 89.3 Å². The zero-order valence-electron chi connectivity index (χ0n) is 30.9. The maximum Gasteiger partial charge on any atom is 0.243 e. The molecule has 0 bridgehead atoms. The number of nitrogens with zero attached hydrogens (tertiary/aromatic N) is 5. The van der Waals surface area contributed by atoms with E-state index in [2.05, 4.69) is 49.5 Å². The Morgan fingerprint density at radius 1 is 0.941 bits per heavy atom. The monoisotopic (exact) mass is 716 g/mol. The van der Waals surface area contributed by atoms with Crippen LogP contribution in [0.1, 0.15) is 108 Å². The van der Waals surface area contributed by atoms with Crippen molar-refractivity contribution in [1.82, 2.24) is 25.3 Å². The lowest BCUT2D eigenvalue weighted by atomic mass is 9.85. The summed E-state index contributed by atoms with van der Waals surface area (Å²) in [7, 11) is 0. The fraction of sp³-hybridized carbons (Fsp3) is 0.650. The highest BCUT2D eigenvalue weighted by Crippen LogP contribution is 2.34. The summed E-state index contributed by atoms with van der Waals surface area (Å²) >= 11 is 1.63. The van der Waals surface area contributed by atoms with E-state index in [1.807, 2.05) is 39.3 Å². The van der Waals surface area contributed by atoms with Gasteiger partial charge in [0, 0.05) is 45.3 Å². The third-order valence-electron chi connectivity index (χ3n) is 11.8. The number of ether oxygens (including phenoxy) is 1. The molecule has 4 fully saturated rings. The van der Waals surface area contributed by atoms with Crippen molar-refractivity contribution in [3.63, 3.8) is 0 Å². The Bertz CT molecular complexity index is 1600. The molecule has 5 heterocycles. The van der Waals surface area contributed by atoms with E-state index in [4.69, 9.17) is 9.26 Å². The van der Waals surface area contributed by atoms with Gasteiger partial charge in [-0.3, -0.25) is 9.59 Å². The normalized spacial score (nSPS) is 22.3. The number of aryl methyl sites for hydroxylation is 1. The van der Waals surface area contributed by atoms with Gasteiger partial charge in [-0.1, -0.05) is 49.7 Å². The van der Waals surface area contributed by atoms with Gasteiger partial charge in [-0.25, -0.2) is 4.98 Å².